The molecule has 0 aliphatic rings. The van der Waals surface area contributed by atoms with Crippen LogP contribution in [0.4, 0.5) is 0 Å². The lowest BCUT2D eigenvalue weighted by atomic mass is 10.0. The van der Waals surface area contributed by atoms with E-state index in [1.165, 1.54) is 96.3 Å². The molecule has 0 aromatic heterocycles. The van der Waals surface area contributed by atoms with Crippen molar-refractivity contribution in [2.24, 2.45) is 0 Å². The third-order valence-corrected chi connectivity index (χ3v) is 10.3. The number of allylic oxidation sites excluding steroid dienone is 16. The molecule has 0 rings (SSSR count). The minimum absolute atomic E-state index is 0.0766. The first kappa shape index (κ1) is 56.8. The highest BCUT2D eigenvalue weighted by molar-refractivity contribution is 5.70. The molecule has 60 heavy (non-hydrogen) atoms. The number of aliphatic hydroxyl groups excluding tert-OH is 1. The molecule has 0 radical (unpaired) electrons. The van der Waals surface area contributed by atoms with Crippen molar-refractivity contribution in [3.8, 4) is 0 Å². The Balaban J connectivity index is 3.52. The Kier molecular flexibility index (Phi) is 47.5. The Hall–Kier alpha value is -3.18. The van der Waals surface area contributed by atoms with Crippen molar-refractivity contribution in [1.82, 2.24) is 0 Å². The predicted octanol–water partition coefficient (Wildman–Crippen LogP) is 16.4. The van der Waals surface area contributed by atoms with Crippen LogP contribution in [0.1, 0.15) is 219 Å². The first-order valence-electron chi connectivity index (χ1n) is 24.8. The number of esters is 2. The molecule has 0 saturated carbocycles. The van der Waals surface area contributed by atoms with Gasteiger partial charge >= 0.3 is 11.9 Å². The summed E-state index contributed by atoms with van der Waals surface area (Å²) in [6, 6.07) is 0. The van der Waals surface area contributed by atoms with Crippen LogP contribution >= 0.6 is 0 Å². The van der Waals surface area contributed by atoms with E-state index in [0.717, 1.165) is 96.3 Å². The molecule has 0 saturated heterocycles. The van der Waals surface area contributed by atoms with E-state index in [9.17, 15) is 14.7 Å². The van der Waals surface area contributed by atoms with E-state index in [1.54, 1.807) is 0 Å². The number of rotatable bonds is 44. The monoisotopic (exact) mass is 833 g/mol. The quantitative estimate of drug-likeness (QED) is 0.0376. The van der Waals surface area contributed by atoms with Gasteiger partial charge in [-0.3, -0.25) is 9.59 Å². The summed E-state index contributed by atoms with van der Waals surface area (Å²) >= 11 is 0. The van der Waals surface area contributed by atoms with Crippen molar-refractivity contribution in [3.63, 3.8) is 0 Å². The zero-order valence-electron chi connectivity index (χ0n) is 38.9. The number of carbonyl (C=O) groups is 2. The topological polar surface area (TPSA) is 72.8 Å². The Morgan fingerprint density at radius 1 is 0.400 bits per heavy atom. The lowest BCUT2D eigenvalue weighted by Gasteiger charge is -2.15. The van der Waals surface area contributed by atoms with Gasteiger partial charge < -0.3 is 14.6 Å². The van der Waals surface area contributed by atoms with Gasteiger partial charge in [0.25, 0.3) is 0 Å². The van der Waals surface area contributed by atoms with Crippen LogP contribution < -0.4 is 0 Å². The normalized spacial score (nSPS) is 13.1. The lowest BCUT2D eigenvalue weighted by Crippen LogP contribution is -2.28. The van der Waals surface area contributed by atoms with Gasteiger partial charge in [0.2, 0.25) is 0 Å². The van der Waals surface area contributed by atoms with E-state index in [-0.39, 0.29) is 25.2 Å². The first-order valence-corrected chi connectivity index (χ1v) is 24.8. The molecule has 0 aromatic carbocycles. The molecular weight excluding hydrogens is 741 g/mol. The molecule has 0 fully saturated rings. The second kappa shape index (κ2) is 50.2. The van der Waals surface area contributed by atoms with Crippen LogP contribution in [0.3, 0.4) is 0 Å². The SMILES string of the molecule is CC/C=C\C/C=C\C/C=C\C/C=C\C/C=C\C/C=C\CCCCCCCCCCCCCCCCC(=O)OC(CO)COC(=O)CCCCCCC/C=C\C/C=C\CCC. The number of carbonyl (C=O) groups excluding carboxylic acids is 2. The van der Waals surface area contributed by atoms with Gasteiger partial charge in [-0.15, -0.1) is 0 Å². The van der Waals surface area contributed by atoms with Crippen LogP contribution in [-0.2, 0) is 19.1 Å². The van der Waals surface area contributed by atoms with Crippen LogP contribution in [0.2, 0.25) is 0 Å². The molecular formula is C55H92O5. The molecule has 342 valence electrons. The largest absolute Gasteiger partial charge is 0.462 e. The van der Waals surface area contributed by atoms with E-state index in [0.29, 0.717) is 12.8 Å². The highest BCUT2D eigenvalue weighted by Gasteiger charge is 2.16. The second-order valence-electron chi connectivity index (χ2n) is 16.2. The molecule has 0 aromatic rings. The summed E-state index contributed by atoms with van der Waals surface area (Å²) in [5, 5.41) is 9.60. The number of hydrogen-bond acceptors (Lipinski definition) is 5. The van der Waals surface area contributed by atoms with Crippen LogP contribution in [0.5, 0.6) is 0 Å². The molecule has 0 amide bonds. The van der Waals surface area contributed by atoms with Gasteiger partial charge in [-0.2, -0.15) is 0 Å². The van der Waals surface area contributed by atoms with Gasteiger partial charge in [0.1, 0.15) is 6.61 Å². The first-order chi connectivity index (χ1) is 29.6. The van der Waals surface area contributed by atoms with Crippen molar-refractivity contribution in [2.45, 2.75) is 225 Å². The maximum atomic E-state index is 12.2. The zero-order valence-corrected chi connectivity index (χ0v) is 38.9. The van der Waals surface area contributed by atoms with Crippen molar-refractivity contribution in [2.75, 3.05) is 13.2 Å². The minimum atomic E-state index is -0.782. The summed E-state index contributed by atoms with van der Waals surface area (Å²) in [4.78, 5) is 24.4. The molecule has 0 aliphatic heterocycles. The van der Waals surface area contributed by atoms with Gasteiger partial charge in [-0.25, -0.2) is 0 Å². The van der Waals surface area contributed by atoms with Gasteiger partial charge in [-0.05, 0) is 89.9 Å². The predicted molar refractivity (Wildman–Crippen MR) is 260 cm³/mol. The average Bonchev–Trinajstić information content (AvgIpc) is 3.25. The lowest BCUT2D eigenvalue weighted by molar-refractivity contribution is -0.161. The summed E-state index contributed by atoms with van der Waals surface area (Å²) in [6.45, 7) is 3.94. The Morgan fingerprint density at radius 2 is 0.717 bits per heavy atom. The van der Waals surface area contributed by atoms with Crippen LogP contribution in [0, 0.1) is 0 Å². The minimum Gasteiger partial charge on any atom is -0.462 e. The molecule has 1 unspecified atom stereocenters. The fraction of sp³-hybridized carbons (Fsp3) is 0.673. The van der Waals surface area contributed by atoms with Gasteiger partial charge in [0.05, 0.1) is 6.61 Å². The van der Waals surface area contributed by atoms with Crippen LogP contribution in [0.15, 0.2) is 97.2 Å². The van der Waals surface area contributed by atoms with E-state index in [1.807, 2.05) is 0 Å². The van der Waals surface area contributed by atoms with Crippen molar-refractivity contribution < 1.29 is 24.2 Å². The third kappa shape index (κ3) is 47.5. The molecule has 0 bridgehead atoms. The van der Waals surface area contributed by atoms with E-state index in [4.69, 9.17) is 9.47 Å². The summed E-state index contributed by atoms with van der Waals surface area (Å²) in [5.74, 6) is -0.611. The molecule has 1 N–H and O–H groups in total. The number of aliphatic hydroxyl groups is 1. The smallest absolute Gasteiger partial charge is 0.306 e. The van der Waals surface area contributed by atoms with E-state index in [2.05, 4.69) is 111 Å². The summed E-state index contributed by atoms with van der Waals surface area (Å²) in [6.07, 6.45) is 70.7. The summed E-state index contributed by atoms with van der Waals surface area (Å²) < 4.78 is 10.6. The molecule has 0 spiro atoms. The highest BCUT2D eigenvalue weighted by atomic mass is 16.6. The number of hydrogen-bond donors (Lipinski definition) is 1. The molecule has 5 heteroatoms. The third-order valence-electron chi connectivity index (χ3n) is 10.3. The Bertz CT molecular complexity index is 1170. The maximum absolute atomic E-state index is 12.2. The van der Waals surface area contributed by atoms with Crippen molar-refractivity contribution in [1.29, 1.82) is 0 Å². The van der Waals surface area contributed by atoms with Gasteiger partial charge in [-0.1, -0.05) is 214 Å². The average molecular weight is 833 g/mol. The number of ether oxygens (including phenoxy) is 2. The Morgan fingerprint density at radius 3 is 1.08 bits per heavy atom. The highest BCUT2D eigenvalue weighted by Crippen LogP contribution is 2.15. The zero-order chi connectivity index (χ0) is 43.5. The molecule has 0 aliphatic carbocycles. The molecule has 1 atom stereocenters. The Labute approximate surface area is 370 Å². The molecule has 5 nitrogen and oxygen atoms in total. The van der Waals surface area contributed by atoms with E-state index >= 15 is 0 Å². The molecule has 0 heterocycles. The summed E-state index contributed by atoms with van der Waals surface area (Å²) in [5.41, 5.74) is 0. The van der Waals surface area contributed by atoms with Crippen molar-refractivity contribution in [3.05, 3.63) is 97.2 Å². The van der Waals surface area contributed by atoms with Gasteiger partial charge in [0, 0.05) is 12.8 Å². The standard InChI is InChI=1S/C55H92O5/c1-3-5-7-9-11-13-15-17-18-19-20-21-22-23-24-25-26-27-28-29-30-31-32-33-34-35-36-38-40-42-44-46-48-50-55(58)60-53(51-56)52-59-54(57)49-47-45-43-41-39-37-16-14-12-10-8-6-4-2/h5,7-8,10-11,13-14,16-18,20-21,23-24,26-27,53,56H,3-4,6,9,12,15,19,22,25,28-52H2,1-2H3/b7-5-,10-8-,13-11-,16-14-,18-17-,21-20-,24-23-,27-26-. The van der Waals surface area contributed by atoms with Gasteiger partial charge in [0.15, 0.2) is 6.10 Å². The maximum Gasteiger partial charge on any atom is 0.306 e. The fourth-order valence-corrected chi connectivity index (χ4v) is 6.65. The van der Waals surface area contributed by atoms with Crippen LogP contribution in [-0.4, -0.2) is 36.4 Å². The fourth-order valence-electron chi connectivity index (χ4n) is 6.65. The second-order valence-corrected chi connectivity index (χ2v) is 16.2. The summed E-state index contributed by atoms with van der Waals surface area (Å²) in [7, 11) is 0. The van der Waals surface area contributed by atoms with Crippen LogP contribution in [0.25, 0.3) is 0 Å². The van der Waals surface area contributed by atoms with Crippen molar-refractivity contribution >= 4 is 11.9 Å². The van der Waals surface area contributed by atoms with E-state index < -0.39 is 6.10 Å². The number of unbranched alkanes of at least 4 members (excludes halogenated alkanes) is 20.